The van der Waals surface area contributed by atoms with Crippen LogP contribution < -0.4 is 0 Å². The Hall–Kier alpha value is -3.64. The molecule has 196 valence electrons. The summed E-state index contributed by atoms with van der Waals surface area (Å²) in [5.41, 5.74) is 17.4. The van der Waals surface area contributed by atoms with Crippen molar-refractivity contribution in [1.82, 2.24) is 0 Å². The highest BCUT2D eigenvalue weighted by molar-refractivity contribution is 5.85. The van der Waals surface area contributed by atoms with E-state index in [-0.39, 0.29) is 5.41 Å². The number of aryl methyl sites for hydroxylation is 2. The molecule has 0 bridgehead atoms. The van der Waals surface area contributed by atoms with Crippen molar-refractivity contribution in [3.8, 4) is 22.3 Å². The second-order valence-corrected chi connectivity index (χ2v) is 11.7. The predicted octanol–water partition coefficient (Wildman–Crippen LogP) is 10.8. The SMILES string of the molecule is CCCC(CCC)(C1=Cc2c(cccc2-c2ccccc2C)C1)C1=Cc2c(cccc2-c2ccccc2C)C1. The fourth-order valence-corrected chi connectivity index (χ4v) is 7.40. The molecule has 0 saturated carbocycles. The van der Waals surface area contributed by atoms with E-state index in [4.69, 9.17) is 0 Å². The van der Waals surface area contributed by atoms with Crippen molar-refractivity contribution < 1.29 is 0 Å². The van der Waals surface area contributed by atoms with Gasteiger partial charge in [0.1, 0.15) is 0 Å². The lowest BCUT2D eigenvalue weighted by Gasteiger charge is -2.37. The zero-order valence-electron chi connectivity index (χ0n) is 24.0. The van der Waals surface area contributed by atoms with Gasteiger partial charge in [0.25, 0.3) is 0 Å². The molecule has 39 heavy (non-hydrogen) atoms. The van der Waals surface area contributed by atoms with Gasteiger partial charge < -0.3 is 0 Å². The molecule has 2 aliphatic rings. The predicted molar refractivity (Wildman–Crippen MR) is 169 cm³/mol. The molecule has 0 spiro atoms. The molecule has 2 aliphatic carbocycles. The van der Waals surface area contributed by atoms with Gasteiger partial charge in [-0.05, 0) is 95.2 Å². The molecule has 0 heteroatoms. The molecule has 6 rings (SSSR count). The average molecular weight is 509 g/mol. The largest absolute Gasteiger partial charge is 0.0653 e. The molecule has 0 atom stereocenters. The summed E-state index contributed by atoms with van der Waals surface area (Å²) < 4.78 is 0. The first-order valence-corrected chi connectivity index (χ1v) is 14.8. The molecule has 0 N–H and O–H groups in total. The molecule has 4 aromatic rings. The van der Waals surface area contributed by atoms with Gasteiger partial charge in [-0.15, -0.1) is 0 Å². The summed E-state index contributed by atoms with van der Waals surface area (Å²) >= 11 is 0. The zero-order valence-corrected chi connectivity index (χ0v) is 24.0. The Morgan fingerprint density at radius 2 is 0.923 bits per heavy atom. The van der Waals surface area contributed by atoms with E-state index in [1.54, 1.807) is 11.1 Å². The lowest BCUT2D eigenvalue weighted by Crippen LogP contribution is -2.26. The van der Waals surface area contributed by atoms with Crippen molar-refractivity contribution in [2.75, 3.05) is 0 Å². The van der Waals surface area contributed by atoms with Gasteiger partial charge in [0.2, 0.25) is 0 Å². The second-order valence-electron chi connectivity index (χ2n) is 11.7. The van der Waals surface area contributed by atoms with Crippen LogP contribution in [0.5, 0.6) is 0 Å². The third kappa shape index (κ3) is 4.41. The van der Waals surface area contributed by atoms with E-state index >= 15 is 0 Å². The quantitative estimate of drug-likeness (QED) is 0.222. The van der Waals surface area contributed by atoms with E-state index in [1.807, 2.05) is 0 Å². The number of rotatable bonds is 8. The highest BCUT2D eigenvalue weighted by Gasteiger charge is 2.40. The van der Waals surface area contributed by atoms with E-state index in [0.29, 0.717) is 0 Å². The van der Waals surface area contributed by atoms with Crippen LogP contribution in [0.3, 0.4) is 0 Å². The Bertz CT molecular complexity index is 1470. The van der Waals surface area contributed by atoms with Crippen LogP contribution in [0.4, 0.5) is 0 Å². The summed E-state index contributed by atoms with van der Waals surface area (Å²) in [5.74, 6) is 0. The van der Waals surface area contributed by atoms with Crippen LogP contribution >= 0.6 is 0 Å². The minimum atomic E-state index is 0.105. The van der Waals surface area contributed by atoms with Crippen molar-refractivity contribution >= 4 is 12.2 Å². The monoisotopic (exact) mass is 508 g/mol. The number of hydrogen-bond acceptors (Lipinski definition) is 0. The normalized spacial score (nSPS) is 14.2. The molecule has 0 radical (unpaired) electrons. The molecule has 0 amide bonds. The molecule has 4 aromatic carbocycles. The fraction of sp³-hybridized carbons (Fsp3) is 0.282. The number of fused-ring (bicyclic) bond motifs is 2. The zero-order chi connectivity index (χ0) is 27.0. The second kappa shape index (κ2) is 10.5. The molecular weight excluding hydrogens is 468 g/mol. The smallest absolute Gasteiger partial charge is 0.0134 e. The fourth-order valence-electron chi connectivity index (χ4n) is 7.40. The highest BCUT2D eigenvalue weighted by Crippen LogP contribution is 2.53. The van der Waals surface area contributed by atoms with Gasteiger partial charge in [-0.3, -0.25) is 0 Å². The Balaban J connectivity index is 1.48. The van der Waals surface area contributed by atoms with Crippen LogP contribution in [0.1, 0.15) is 72.9 Å². The first kappa shape index (κ1) is 25.6. The third-order valence-electron chi connectivity index (χ3n) is 9.25. The van der Waals surface area contributed by atoms with Crippen molar-refractivity contribution in [2.45, 2.75) is 66.2 Å². The Morgan fingerprint density at radius 3 is 1.33 bits per heavy atom. The van der Waals surface area contributed by atoms with E-state index in [9.17, 15) is 0 Å². The lowest BCUT2D eigenvalue weighted by molar-refractivity contribution is 0.349. The third-order valence-corrected chi connectivity index (χ3v) is 9.25. The summed E-state index contributed by atoms with van der Waals surface area (Å²) in [4.78, 5) is 0. The van der Waals surface area contributed by atoms with Crippen LogP contribution in [-0.4, -0.2) is 0 Å². The Kier molecular flexibility index (Phi) is 6.90. The van der Waals surface area contributed by atoms with E-state index < -0.39 is 0 Å². The summed E-state index contributed by atoms with van der Waals surface area (Å²) in [6.07, 6.45) is 12.1. The maximum atomic E-state index is 2.59. The van der Waals surface area contributed by atoms with E-state index in [0.717, 1.165) is 12.8 Å². The van der Waals surface area contributed by atoms with Gasteiger partial charge in [0, 0.05) is 5.41 Å². The van der Waals surface area contributed by atoms with Gasteiger partial charge in [0.05, 0.1) is 0 Å². The summed E-state index contributed by atoms with van der Waals surface area (Å²) in [5, 5.41) is 0. The van der Waals surface area contributed by atoms with Crippen molar-refractivity contribution in [1.29, 1.82) is 0 Å². The van der Waals surface area contributed by atoms with Gasteiger partial charge >= 0.3 is 0 Å². The van der Waals surface area contributed by atoms with Gasteiger partial charge in [-0.2, -0.15) is 0 Å². The molecule has 0 unspecified atom stereocenters. The number of allylic oxidation sites excluding steroid dienone is 2. The maximum absolute atomic E-state index is 2.59. The maximum Gasteiger partial charge on any atom is 0.0134 e. The molecule has 0 aromatic heterocycles. The van der Waals surface area contributed by atoms with Gasteiger partial charge in [-0.25, -0.2) is 0 Å². The highest BCUT2D eigenvalue weighted by atomic mass is 14.4. The van der Waals surface area contributed by atoms with Crippen molar-refractivity contribution in [2.24, 2.45) is 5.41 Å². The van der Waals surface area contributed by atoms with Gasteiger partial charge in [-0.1, -0.05) is 135 Å². The summed E-state index contributed by atoms with van der Waals surface area (Å²) in [7, 11) is 0. The van der Waals surface area contributed by atoms with Gasteiger partial charge in [0.15, 0.2) is 0 Å². The molecule has 0 nitrogen and oxygen atoms in total. The lowest BCUT2D eigenvalue weighted by atomic mass is 9.66. The molecule has 0 fully saturated rings. The molecular formula is C39H40. The number of benzene rings is 4. The average Bonchev–Trinajstić information content (AvgIpc) is 3.59. The van der Waals surface area contributed by atoms with Crippen molar-refractivity contribution in [3.05, 3.63) is 129 Å². The van der Waals surface area contributed by atoms with Crippen LogP contribution in [0.15, 0.2) is 96.1 Å². The standard InChI is InChI=1S/C39H40/c1-5-21-39(22-6-2,31-23-29-15-11-19-35(37(29)25-31)33-17-9-7-13-27(33)3)32-24-30-16-12-20-36(38(30)26-32)34-18-10-8-14-28(34)4/h7-20,25-26H,5-6,21-24H2,1-4H3. The minimum Gasteiger partial charge on any atom is -0.0653 e. The Labute approximate surface area is 235 Å². The first-order chi connectivity index (χ1) is 19.1. The number of hydrogen-bond donors (Lipinski definition) is 0. The van der Waals surface area contributed by atoms with Crippen molar-refractivity contribution in [3.63, 3.8) is 0 Å². The Morgan fingerprint density at radius 1 is 0.513 bits per heavy atom. The van der Waals surface area contributed by atoms with E-state index in [2.05, 4.69) is 125 Å². The van der Waals surface area contributed by atoms with E-state index in [1.165, 1.54) is 81.3 Å². The molecule has 0 aliphatic heterocycles. The van der Waals surface area contributed by atoms with Crippen LogP contribution in [0.25, 0.3) is 34.4 Å². The summed E-state index contributed by atoms with van der Waals surface area (Å²) in [6.45, 7) is 9.21. The summed E-state index contributed by atoms with van der Waals surface area (Å²) in [6, 6.07) is 31.6. The van der Waals surface area contributed by atoms with Crippen LogP contribution in [0, 0.1) is 19.3 Å². The first-order valence-electron chi connectivity index (χ1n) is 14.8. The van der Waals surface area contributed by atoms with Crippen LogP contribution in [-0.2, 0) is 12.8 Å². The minimum absolute atomic E-state index is 0.105. The topological polar surface area (TPSA) is 0 Å². The molecule has 0 heterocycles. The molecule has 0 saturated heterocycles. The van der Waals surface area contributed by atoms with Crippen LogP contribution in [0.2, 0.25) is 0 Å².